The summed E-state index contributed by atoms with van der Waals surface area (Å²) in [5.41, 5.74) is 9.81. The summed E-state index contributed by atoms with van der Waals surface area (Å²) >= 11 is 0. The lowest BCUT2D eigenvalue weighted by Gasteiger charge is -2.25. The van der Waals surface area contributed by atoms with Crippen LogP contribution in [0.25, 0.3) is 11.1 Å². The fourth-order valence-electron chi connectivity index (χ4n) is 4.98. The number of benzene rings is 3. The van der Waals surface area contributed by atoms with Crippen molar-refractivity contribution in [2.45, 2.75) is 31.7 Å². The van der Waals surface area contributed by atoms with Gasteiger partial charge in [-0.2, -0.15) is 0 Å². The average Bonchev–Trinajstić information content (AvgIpc) is 3.25. The number of carbonyl (C=O) groups excluding carboxylic acids is 3. The minimum atomic E-state index is -0.440. The SMILES string of the molecule is COC(=O)C[C@@H]1C[C@@H](CNC(=O)c2ccc(-c3ccc(C(=N)N)cc3)cc2)N(CCCc2ccccc2)C1=O.Cl. The summed E-state index contributed by atoms with van der Waals surface area (Å²) in [5.74, 6) is -1.11. The highest BCUT2D eigenvalue weighted by atomic mass is 35.5. The van der Waals surface area contributed by atoms with E-state index in [4.69, 9.17) is 15.9 Å². The van der Waals surface area contributed by atoms with Crippen molar-refractivity contribution >= 4 is 36.0 Å². The largest absolute Gasteiger partial charge is 0.469 e. The van der Waals surface area contributed by atoms with Crippen LogP contribution in [-0.4, -0.2) is 54.8 Å². The standard InChI is InChI=1S/C31H34N4O4.ClH/c1-39-28(36)19-26-18-27(35(31(26)38)17-5-8-21-6-3-2-4-7-21)20-34-30(37)25-15-11-23(12-16-25)22-9-13-24(14-10-22)29(32)33;/h2-4,6-7,9-16,26-27H,5,8,17-20H2,1H3,(H3,32,33)(H,34,37);1H/t26-,27-;/m0./s1. The zero-order chi connectivity index (χ0) is 27.8. The van der Waals surface area contributed by atoms with Crippen molar-refractivity contribution in [2.24, 2.45) is 11.7 Å². The van der Waals surface area contributed by atoms with Crippen LogP contribution in [0, 0.1) is 11.3 Å². The Morgan fingerprint density at radius 3 is 2.15 bits per heavy atom. The van der Waals surface area contributed by atoms with Gasteiger partial charge in [-0.3, -0.25) is 19.8 Å². The number of nitrogen functional groups attached to an aromatic ring is 1. The average molecular weight is 563 g/mol. The van der Waals surface area contributed by atoms with E-state index >= 15 is 0 Å². The van der Waals surface area contributed by atoms with Gasteiger partial charge in [-0.25, -0.2) is 0 Å². The molecule has 1 saturated heterocycles. The first-order valence-corrected chi connectivity index (χ1v) is 13.1. The Hall–Kier alpha value is -4.17. The smallest absolute Gasteiger partial charge is 0.306 e. The van der Waals surface area contributed by atoms with Crippen molar-refractivity contribution in [3.8, 4) is 11.1 Å². The van der Waals surface area contributed by atoms with E-state index < -0.39 is 11.9 Å². The molecule has 210 valence electrons. The van der Waals surface area contributed by atoms with E-state index in [9.17, 15) is 14.4 Å². The van der Waals surface area contributed by atoms with Gasteiger partial charge in [0.1, 0.15) is 5.84 Å². The Balaban J connectivity index is 0.00000441. The quantitative estimate of drug-likeness (QED) is 0.183. The molecule has 0 aliphatic carbocycles. The van der Waals surface area contributed by atoms with Gasteiger partial charge in [0.15, 0.2) is 0 Å². The van der Waals surface area contributed by atoms with Gasteiger partial charge in [0.25, 0.3) is 5.91 Å². The van der Waals surface area contributed by atoms with E-state index in [1.165, 1.54) is 12.7 Å². The molecule has 40 heavy (non-hydrogen) atoms. The molecule has 4 N–H and O–H groups in total. The number of hydrogen-bond acceptors (Lipinski definition) is 5. The van der Waals surface area contributed by atoms with Crippen molar-refractivity contribution in [2.75, 3.05) is 20.2 Å². The van der Waals surface area contributed by atoms with Crippen molar-refractivity contribution < 1.29 is 19.1 Å². The van der Waals surface area contributed by atoms with Crippen LogP contribution in [-0.2, 0) is 20.7 Å². The molecule has 0 radical (unpaired) electrons. The third-order valence-corrected chi connectivity index (χ3v) is 7.15. The van der Waals surface area contributed by atoms with Gasteiger partial charge in [0, 0.05) is 30.3 Å². The van der Waals surface area contributed by atoms with Gasteiger partial charge < -0.3 is 20.7 Å². The highest BCUT2D eigenvalue weighted by Gasteiger charge is 2.40. The van der Waals surface area contributed by atoms with Crippen LogP contribution in [0.1, 0.15) is 40.7 Å². The number of amides is 2. The first-order chi connectivity index (χ1) is 18.9. The van der Waals surface area contributed by atoms with E-state index in [-0.39, 0.29) is 42.5 Å². The van der Waals surface area contributed by atoms with Crippen molar-refractivity contribution in [3.05, 3.63) is 95.6 Å². The minimum Gasteiger partial charge on any atom is -0.469 e. The lowest BCUT2D eigenvalue weighted by atomic mass is 10.0. The molecule has 4 rings (SSSR count). The van der Waals surface area contributed by atoms with Crippen LogP contribution < -0.4 is 11.1 Å². The van der Waals surface area contributed by atoms with Crippen LogP contribution in [0.15, 0.2) is 78.9 Å². The van der Waals surface area contributed by atoms with E-state index in [2.05, 4.69) is 17.4 Å². The Morgan fingerprint density at radius 1 is 0.975 bits per heavy atom. The van der Waals surface area contributed by atoms with Crippen LogP contribution in [0.5, 0.6) is 0 Å². The molecule has 2 amide bonds. The molecule has 0 bridgehead atoms. The molecule has 3 aromatic carbocycles. The van der Waals surface area contributed by atoms with Gasteiger partial charge in [-0.1, -0.05) is 66.7 Å². The number of methoxy groups -OCH3 is 1. The van der Waals surface area contributed by atoms with Gasteiger partial charge in [-0.05, 0) is 48.1 Å². The van der Waals surface area contributed by atoms with E-state index in [1.54, 1.807) is 24.3 Å². The fraction of sp³-hybridized carbons (Fsp3) is 0.290. The molecule has 3 aromatic rings. The number of hydrogen-bond donors (Lipinski definition) is 3. The number of rotatable bonds is 11. The normalized spacial score (nSPS) is 16.2. The second-order valence-electron chi connectivity index (χ2n) is 9.77. The number of aryl methyl sites for hydroxylation is 1. The van der Waals surface area contributed by atoms with E-state index in [1.807, 2.05) is 47.4 Å². The molecular weight excluding hydrogens is 528 g/mol. The van der Waals surface area contributed by atoms with Crippen molar-refractivity contribution in [1.29, 1.82) is 5.41 Å². The third-order valence-electron chi connectivity index (χ3n) is 7.15. The van der Waals surface area contributed by atoms with E-state index in [0.29, 0.717) is 30.6 Å². The first-order valence-electron chi connectivity index (χ1n) is 13.1. The Kier molecular flexibility index (Phi) is 10.8. The van der Waals surface area contributed by atoms with Gasteiger partial charge in [0.05, 0.1) is 19.4 Å². The number of halogens is 1. The van der Waals surface area contributed by atoms with Gasteiger partial charge >= 0.3 is 5.97 Å². The molecule has 8 nitrogen and oxygen atoms in total. The van der Waals surface area contributed by atoms with Gasteiger partial charge in [0.2, 0.25) is 5.91 Å². The maximum absolute atomic E-state index is 13.1. The number of nitrogens with two attached hydrogens (primary N) is 1. The summed E-state index contributed by atoms with van der Waals surface area (Å²) in [6.45, 7) is 0.866. The fourth-order valence-corrected chi connectivity index (χ4v) is 4.98. The number of amidine groups is 1. The molecule has 0 saturated carbocycles. The van der Waals surface area contributed by atoms with Crippen LogP contribution in [0.2, 0.25) is 0 Å². The maximum Gasteiger partial charge on any atom is 0.306 e. The second-order valence-corrected chi connectivity index (χ2v) is 9.77. The Bertz CT molecular complexity index is 1310. The van der Waals surface area contributed by atoms with Crippen molar-refractivity contribution in [1.82, 2.24) is 10.2 Å². The predicted octanol–water partition coefficient (Wildman–Crippen LogP) is 4.20. The van der Waals surface area contributed by atoms with Crippen LogP contribution >= 0.6 is 12.4 Å². The van der Waals surface area contributed by atoms with Gasteiger partial charge in [-0.15, -0.1) is 12.4 Å². The molecule has 0 aromatic heterocycles. The lowest BCUT2D eigenvalue weighted by molar-refractivity contribution is -0.144. The molecular formula is C31H35ClN4O4. The minimum absolute atomic E-state index is 0. The number of ether oxygens (including phenoxy) is 1. The second kappa shape index (κ2) is 14.3. The molecule has 9 heteroatoms. The molecule has 1 heterocycles. The Morgan fingerprint density at radius 2 is 1.57 bits per heavy atom. The van der Waals surface area contributed by atoms with Crippen molar-refractivity contribution in [3.63, 3.8) is 0 Å². The van der Waals surface area contributed by atoms with E-state index in [0.717, 1.165) is 24.0 Å². The number of carbonyl (C=O) groups is 3. The molecule has 2 atom stereocenters. The summed E-state index contributed by atoms with van der Waals surface area (Å²) < 4.78 is 4.79. The topological polar surface area (TPSA) is 126 Å². The molecule has 0 unspecified atom stereocenters. The Labute approximate surface area is 240 Å². The van der Waals surface area contributed by atoms with Crippen LogP contribution in [0.3, 0.4) is 0 Å². The summed E-state index contributed by atoms with van der Waals surface area (Å²) in [6, 6.07) is 24.6. The number of esters is 1. The molecule has 1 fully saturated rings. The molecule has 0 spiro atoms. The number of nitrogens with one attached hydrogen (secondary N) is 2. The number of likely N-dealkylation sites (tertiary alicyclic amines) is 1. The summed E-state index contributed by atoms with van der Waals surface area (Å²) in [5, 5.41) is 10.5. The first kappa shape index (κ1) is 30.4. The maximum atomic E-state index is 13.1. The summed E-state index contributed by atoms with van der Waals surface area (Å²) in [6.07, 6.45) is 2.17. The summed E-state index contributed by atoms with van der Waals surface area (Å²) in [7, 11) is 1.32. The van der Waals surface area contributed by atoms with Crippen LogP contribution in [0.4, 0.5) is 0 Å². The zero-order valence-electron chi connectivity index (χ0n) is 22.5. The highest BCUT2D eigenvalue weighted by molar-refractivity contribution is 5.96. The monoisotopic (exact) mass is 562 g/mol. The summed E-state index contributed by atoms with van der Waals surface area (Å²) in [4.78, 5) is 39.8. The predicted molar refractivity (Wildman–Crippen MR) is 157 cm³/mol. The number of nitrogens with zero attached hydrogens (tertiary/aromatic N) is 1. The third kappa shape index (κ3) is 7.70. The highest BCUT2D eigenvalue weighted by Crippen LogP contribution is 2.28. The molecule has 1 aliphatic heterocycles. The zero-order valence-corrected chi connectivity index (χ0v) is 23.3. The lowest BCUT2D eigenvalue weighted by Crippen LogP contribution is -2.42. The molecule has 1 aliphatic rings.